The summed E-state index contributed by atoms with van der Waals surface area (Å²) < 4.78 is 5.64. The van der Waals surface area contributed by atoms with E-state index in [1.54, 1.807) is 4.90 Å². The summed E-state index contributed by atoms with van der Waals surface area (Å²) >= 11 is 0. The summed E-state index contributed by atoms with van der Waals surface area (Å²) in [5.41, 5.74) is 4.37. The number of anilines is 2. The second-order valence-corrected chi connectivity index (χ2v) is 5.49. The van der Waals surface area contributed by atoms with Gasteiger partial charge in [-0.15, -0.1) is 0 Å². The van der Waals surface area contributed by atoms with Gasteiger partial charge in [0.25, 0.3) is 5.91 Å². The number of fused-ring (bicyclic) bond motifs is 1. The van der Waals surface area contributed by atoms with Crippen molar-refractivity contribution in [2.75, 3.05) is 49.6 Å². The number of nitrogens with one attached hydrogen (secondary N) is 1. The first-order valence-corrected chi connectivity index (χ1v) is 7.09. The number of amides is 1. The topological polar surface area (TPSA) is 44.8 Å². The summed E-state index contributed by atoms with van der Waals surface area (Å²) in [6.07, 6.45) is 0. The number of carbonyl (C=O) groups excluding carboxylic acids is 1. The number of piperazine rings is 1. The van der Waals surface area contributed by atoms with E-state index in [2.05, 4.69) is 23.2 Å². The third kappa shape index (κ3) is 2.02. The van der Waals surface area contributed by atoms with E-state index < -0.39 is 0 Å². The molecule has 0 bridgehead atoms. The van der Waals surface area contributed by atoms with E-state index in [0.29, 0.717) is 0 Å². The zero-order valence-electron chi connectivity index (χ0n) is 12.3. The Morgan fingerprint density at radius 1 is 1.25 bits per heavy atom. The summed E-state index contributed by atoms with van der Waals surface area (Å²) in [5, 5.41) is 3.37. The van der Waals surface area contributed by atoms with Gasteiger partial charge in [0.2, 0.25) is 0 Å². The summed E-state index contributed by atoms with van der Waals surface area (Å²) in [5.74, 6) is 0.862. The van der Waals surface area contributed by atoms with Crippen molar-refractivity contribution < 1.29 is 9.53 Å². The number of rotatable bonds is 1. The molecular weight excluding hydrogens is 254 g/mol. The van der Waals surface area contributed by atoms with Crippen molar-refractivity contribution >= 4 is 17.3 Å². The number of ether oxygens (including phenoxy) is 1. The molecule has 0 unspecified atom stereocenters. The minimum absolute atomic E-state index is 0.0115. The highest BCUT2D eigenvalue weighted by Crippen LogP contribution is 2.42. The molecule has 2 heterocycles. The number of hydrogen-bond donors (Lipinski definition) is 1. The molecule has 0 aliphatic carbocycles. The van der Waals surface area contributed by atoms with E-state index in [9.17, 15) is 4.79 Å². The quantitative estimate of drug-likeness (QED) is 0.832. The number of aryl methyl sites for hydroxylation is 1. The van der Waals surface area contributed by atoms with Crippen LogP contribution in [0, 0.1) is 13.8 Å². The van der Waals surface area contributed by atoms with Crippen molar-refractivity contribution in [2.45, 2.75) is 13.8 Å². The largest absolute Gasteiger partial charge is 0.481 e. The maximum absolute atomic E-state index is 11.9. The normalized spacial score (nSPS) is 18.9. The second-order valence-electron chi connectivity index (χ2n) is 5.49. The van der Waals surface area contributed by atoms with Crippen molar-refractivity contribution in [1.29, 1.82) is 0 Å². The summed E-state index contributed by atoms with van der Waals surface area (Å²) in [6, 6.07) is 2.18. The molecular formula is C15H21N3O2. The molecule has 0 saturated carbocycles. The lowest BCUT2D eigenvalue weighted by molar-refractivity contribution is -0.121. The van der Waals surface area contributed by atoms with Crippen LogP contribution >= 0.6 is 0 Å². The van der Waals surface area contributed by atoms with E-state index in [-0.39, 0.29) is 12.5 Å². The summed E-state index contributed by atoms with van der Waals surface area (Å²) in [4.78, 5) is 16.0. The number of hydrogen-bond acceptors (Lipinski definition) is 4. The molecule has 1 fully saturated rings. The highest BCUT2D eigenvalue weighted by molar-refractivity contribution is 5.99. The molecule has 2 aliphatic heterocycles. The maximum atomic E-state index is 11.9. The molecule has 0 aromatic heterocycles. The van der Waals surface area contributed by atoms with Gasteiger partial charge in [0.05, 0.1) is 5.69 Å². The van der Waals surface area contributed by atoms with Crippen LogP contribution in [0.15, 0.2) is 6.07 Å². The molecule has 5 nitrogen and oxygen atoms in total. The van der Waals surface area contributed by atoms with Gasteiger partial charge in [0.15, 0.2) is 6.61 Å². The monoisotopic (exact) mass is 275 g/mol. The SMILES string of the molecule is Cc1cc(N2CCNCC2)c(C)c2c1OCC(=O)N2C. The molecule has 1 aromatic rings. The molecule has 1 saturated heterocycles. The summed E-state index contributed by atoms with van der Waals surface area (Å²) in [7, 11) is 1.83. The van der Waals surface area contributed by atoms with Gasteiger partial charge < -0.3 is 19.9 Å². The molecule has 2 aliphatic rings. The first-order chi connectivity index (χ1) is 9.59. The zero-order chi connectivity index (χ0) is 14.3. The first kappa shape index (κ1) is 13.2. The lowest BCUT2D eigenvalue weighted by Gasteiger charge is -2.35. The Morgan fingerprint density at radius 3 is 2.65 bits per heavy atom. The Morgan fingerprint density at radius 2 is 1.95 bits per heavy atom. The van der Waals surface area contributed by atoms with Crippen molar-refractivity contribution in [2.24, 2.45) is 0 Å². The Hall–Kier alpha value is -1.75. The highest BCUT2D eigenvalue weighted by Gasteiger charge is 2.28. The Kier molecular flexibility index (Phi) is 3.30. The predicted molar refractivity (Wildman–Crippen MR) is 79.9 cm³/mol. The van der Waals surface area contributed by atoms with Gasteiger partial charge in [-0.1, -0.05) is 0 Å². The lowest BCUT2D eigenvalue weighted by atomic mass is 10.0. The van der Waals surface area contributed by atoms with Gasteiger partial charge in [0.1, 0.15) is 5.75 Å². The van der Waals surface area contributed by atoms with Crippen LogP contribution in [0.25, 0.3) is 0 Å². The van der Waals surface area contributed by atoms with Crippen molar-refractivity contribution in [1.82, 2.24) is 5.32 Å². The van der Waals surface area contributed by atoms with Crippen LogP contribution in [-0.2, 0) is 4.79 Å². The zero-order valence-corrected chi connectivity index (χ0v) is 12.3. The second kappa shape index (κ2) is 4.98. The standard InChI is InChI=1S/C15H21N3O2/c1-10-8-12(18-6-4-16-5-7-18)11(2)14-15(10)20-9-13(19)17(14)3/h8,16H,4-7,9H2,1-3H3. The van der Waals surface area contributed by atoms with Crippen molar-refractivity contribution in [3.05, 3.63) is 17.2 Å². The molecule has 20 heavy (non-hydrogen) atoms. The van der Waals surface area contributed by atoms with Crippen LogP contribution in [0.4, 0.5) is 11.4 Å². The molecule has 0 atom stereocenters. The fourth-order valence-electron chi connectivity index (χ4n) is 3.03. The lowest BCUT2D eigenvalue weighted by Crippen LogP contribution is -2.44. The molecule has 0 spiro atoms. The first-order valence-electron chi connectivity index (χ1n) is 7.09. The van der Waals surface area contributed by atoms with E-state index in [1.165, 1.54) is 5.69 Å². The van der Waals surface area contributed by atoms with Crippen LogP contribution < -0.4 is 19.9 Å². The molecule has 0 radical (unpaired) electrons. The third-order valence-electron chi connectivity index (χ3n) is 4.17. The minimum atomic E-state index is 0.0115. The molecule has 5 heteroatoms. The fourth-order valence-corrected chi connectivity index (χ4v) is 3.03. The van der Waals surface area contributed by atoms with Gasteiger partial charge >= 0.3 is 0 Å². The van der Waals surface area contributed by atoms with E-state index in [1.807, 2.05) is 14.0 Å². The van der Waals surface area contributed by atoms with E-state index in [0.717, 1.165) is 48.7 Å². The van der Waals surface area contributed by atoms with Crippen LogP contribution in [0.1, 0.15) is 11.1 Å². The number of nitrogens with zero attached hydrogens (tertiary/aromatic N) is 2. The Labute approximate surface area is 119 Å². The van der Waals surface area contributed by atoms with Gasteiger partial charge in [-0.3, -0.25) is 4.79 Å². The fraction of sp³-hybridized carbons (Fsp3) is 0.533. The van der Waals surface area contributed by atoms with Gasteiger partial charge in [0, 0.05) is 38.9 Å². The molecule has 3 rings (SSSR count). The Balaban J connectivity index is 2.09. The van der Waals surface area contributed by atoms with Crippen molar-refractivity contribution in [3.8, 4) is 5.75 Å². The molecule has 108 valence electrons. The maximum Gasteiger partial charge on any atom is 0.264 e. The van der Waals surface area contributed by atoms with Crippen LogP contribution in [0.3, 0.4) is 0 Å². The van der Waals surface area contributed by atoms with Crippen molar-refractivity contribution in [3.63, 3.8) is 0 Å². The van der Waals surface area contributed by atoms with Crippen LogP contribution in [-0.4, -0.2) is 45.7 Å². The van der Waals surface area contributed by atoms with Crippen LogP contribution in [0.5, 0.6) is 5.75 Å². The molecule has 1 aromatic carbocycles. The smallest absolute Gasteiger partial charge is 0.264 e. The number of carbonyl (C=O) groups is 1. The predicted octanol–water partition coefficient (Wildman–Crippen LogP) is 1.07. The van der Waals surface area contributed by atoms with Gasteiger partial charge in [-0.05, 0) is 31.0 Å². The molecule has 1 N–H and O–H groups in total. The molecule has 1 amide bonds. The average molecular weight is 275 g/mol. The van der Waals surface area contributed by atoms with Gasteiger partial charge in [-0.25, -0.2) is 0 Å². The third-order valence-corrected chi connectivity index (χ3v) is 4.17. The number of benzene rings is 1. The summed E-state index contributed by atoms with van der Waals surface area (Å²) in [6.45, 7) is 8.26. The van der Waals surface area contributed by atoms with Crippen LogP contribution in [0.2, 0.25) is 0 Å². The Bertz CT molecular complexity index is 551. The minimum Gasteiger partial charge on any atom is -0.481 e. The van der Waals surface area contributed by atoms with E-state index in [4.69, 9.17) is 4.74 Å². The van der Waals surface area contributed by atoms with Gasteiger partial charge in [-0.2, -0.15) is 0 Å². The average Bonchev–Trinajstić information content (AvgIpc) is 2.46. The highest BCUT2D eigenvalue weighted by atomic mass is 16.5. The van der Waals surface area contributed by atoms with E-state index >= 15 is 0 Å². The number of likely N-dealkylation sites (N-methyl/N-ethyl adjacent to an activating group) is 1.